The Morgan fingerprint density at radius 2 is 1.67 bits per heavy atom. The van der Waals surface area contributed by atoms with E-state index >= 15 is 0 Å². The predicted molar refractivity (Wildman–Crippen MR) is 154 cm³/mol. The highest BCUT2D eigenvalue weighted by molar-refractivity contribution is 8.04. The molecule has 4 rings (SSSR count). The van der Waals surface area contributed by atoms with Crippen molar-refractivity contribution >= 4 is 58.3 Å². The standard InChI is InChI=1S/C29H27Cl2N3O4S/c1-4-38-28(37)22(34-25-24(26(35)29(25,2)3)39-19-8-6-5-7-9-19)14-17-10-12-18(13-11-17)33-27(36)23-20(30)15-32-16-21(23)31/h5-13,15-16,22,34H,4,14H2,1-3H3,(H,33,36)/t22-/m0/s1. The van der Waals surface area contributed by atoms with E-state index in [4.69, 9.17) is 27.9 Å². The molecule has 0 saturated carbocycles. The summed E-state index contributed by atoms with van der Waals surface area (Å²) in [4.78, 5) is 43.9. The van der Waals surface area contributed by atoms with Crippen LogP contribution in [0.15, 0.2) is 82.5 Å². The maximum atomic E-state index is 12.9. The summed E-state index contributed by atoms with van der Waals surface area (Å²) in [7, 11) is 0. The summed E-state index contributed by atoms with van der Waals surface area (Å²) in [6, 6.07) is 16.0. The maximum Gasteiger partial charge on any atom is 0.328 e. The number of nitrogens with zero attached hydrogens (tertiary/aromatic N) is 1. The first-order valence-corrected chi connectivity index (χ1v) is 13.8. The van der Waals surface area contributed by atoms with Gasteiger partial charge in [-0.15, -0.1) is 0 Å². The number of carbonyl (C=O) groups is 3. The Kier molecular flexibility index (Phi) is 9.00. The van der Waals surface area contributed by atoms with Gasteiger partial charge in [-0.3, -0.25) is 14.6 Å². The van der Waals surface area contributed by atoms with Gasteiger partial charge in [0.1, 0.15) is 6.04 Å². The van der Waals surface area contributed by atoms with Crippen LogP contribution in [0.5, 0.6) is 0 Å². The fourth-order valence-corrected chi connectivity index (χ4v) is 5.90. The molecule has 0 unspecified atom stereocenters. The zero-order valence-corrected chi connectivity index (χ0v) is 23.9. The van der Waals surface area contributed by atoms with Gasteiger partial charge in [0, 0.05) is 35.1 Å². The number of thioether (sulfide) groups is 1. The molecule has 39 heavy (non-hydrogen) atoms. The summed E-state index contributed by atoms with van der Waals surface area (Å²) in [5.74, 6) is -0.849. The molecule has 1 aromatic heterocycles. The van der Waals surface area contributed by atoms with E-state index in [1.165, 1.54) is 24.2 Å². The molecule has 2 aromatic carbocycles. The average Bonchev–Trinajstić information content (AvgIpc) is 2.91. The van der Waals surface area contributed by atoms with Crippen molar-refractivity contribution < 1.29 is 19.1 Å². The highest BCUT2D eigenvalue weighted by Gasteiger charge is 2.48. The van der Waals surface area contributed by atoms with E-state index in [-0.39, 0.29) is 28.0 Å². The van der Waals surface area contributed by atoms with E-state index in [2.05, 4.69) is 15.6 Å². The molecular formula is C29H27Cl2N3O4S. The number of pyridine rings is 1. The van der Waals surface area contributed by atoms with Gasteiger partial charge >= 0.3 is 5.97 Å². The number of halogens is 2. The third-order valence-corrected chi connectivity index (χ3v) is 7.89. The topological polar surface area (TPSA) is 97.4 Å². The molecule has 1 amide bonds. The van der Waals surface area contributed by atoms with Gasteiger partial charge < -0.3 is 15.4 Å². The van der Waals surface area contributed by atoms with Crippen molar-refractivity contribution in [2.75, 3.05) is 11.9 Å². The summed E-state index contributed by atoms with van der Waals surface area (Å²) < 4.78 is 5.34. The molecule has 3 aromatic rings. The lowest BCUT2D eigenvalue weighted by Crippen LogP contribution is -2.50. The number of hydrogen-bond donors (Lipinski definition) is 2. The molecule has 10 heteroatoms. The zero-order valence-electron chi connectivity index (χ0n) is 21.6. The number of allylic oxidation sites excluding steroid dienone is 2. The lowest BCUT2D eigenvalue weighted by Gasteiger charge is -2.40. The van der Waals surface area contributed by atoms with Crippen molar-refractivity contribution in [1.82, 2.24) is 10.3 Å². The molecule has 0 radical (unpaired) electrons. The molecule has 0 bridgehead atoms. The zero-order chi connectivity index (χ0) is 28.2. The number of ketones is 1. The first-order valence-electron chi connectivity index (χ1n) is 12.3. The molecule has 1 aliphatic carbocycles. The second-order valence-electron chi connectivity index (χ2n) is 9.36. The predicted octanol–water partition coefficient (Wildman–Crippen LogP) is 6.32. The fraction of sp³-hybridized carbons (Fsp3) is 0.241. The van der Waals surface area contributed by atoms with Crippen molar-refractivity contribution in [3.63, 3.8) is 0 Å². The largest absolute Gasteiger partial charge is 0.464 e. The quantitative estimate of drug-likeness (QED) is 0.269. The fourth-order valence-electron chi connectivity index (χ4n) is 4.07. The van der Waals surface area contributed by atoms with Gasteiger partial charge in [0.05, 0.1) is 32.5 Å². The van der Waals surface area contributed by atoms with Crippen LogP contribution in [-0.4, -0.2) is 35.3 Å². The lowest BCUT2D eigenvalue weighted by molar-refractivity contribution is -0.145. The van der Waals surface area contributed by atoms with Gasteiger partial charge in [-0.25, -0.2) is 4.79 Å². The van der Waals surface area contributed by atoms with Crippen LogP contribution >= 0.6 is 35.0 Å². The first-order chi connectivity index (χ1) is 18.6. The van der Waals surface area contributed by atoms with E-state index < -0.39 is 23.3 Å². The molecule has 0 spiro atoms. The van der Waals surface area contributed by atoms with Crippen LogP contribution < -0.4 is 10.6 Å². The summed E-state index contributed by atoms with van der Waals surface area (Å²) in [6.45, 7) is 5.66. The highest BCUT2D eigenvalue weighted by Crippen LogP contribution is 2.48. The minimum Gasteiger partial charge on any atom is -0.464 e. The maximum absolute atomic E-state index is 12.9. The molecule has 0 saturated heterocycles. The molecule has 1 heterocycles. The molecule has 0 aliphatic heterocycles. The van der Waals surface area contributed by atoms with Crippen LogP contribution in [-0.2, 0) is 20.7 Å². The van der Waals surface area contributed by atoms with Gasteiger partial charge in [-0.1, -0.05) is 65.3 Å². The highest BCUT2D eigenvalue weighted by atomic mass is 35.5. The van der Waals surface area contributed by atoms with Crippen molar-refractivity contribution in [2.24, 2.45) is 5.41 Å². The molecule has 7 nitrogen and oxygen atoms in total. The molecular weight excluding hydrogens is 557 g/mol. The van der Waals surface area contributed by atoms with Crippen LogP contribution in [0.3, 0.4) is 0 Å². The summed E-state index contributed by atoms with van der Waals surface area (Å²) >= 11 is 13.6. The van der Waals surface area contributed by atoms with Crippen molar-refractivity contribution in [3.05, 3.63) is 98.8 Å². The molecule has 2 N–H and O–H groups in total. The number of hydrogen-bond acceptors (Lipinski definition) is 7. The monoisotopic (exact) mass is 583 g/mol. The first kappa shape index (κ1) is 28.7. The molecule has 1 atom stereocenters. The number of amides is 1. The average molecular weight is 585 g/mol. The number of aromatic nitrogens is 1. The number of rotatable bonds is 10. The number of Topliss-reactive ketones (excluding diaryl/α,β-unsaturated/α-hetero) is 1. The van der Waals surface area contributed by atoms with Gasteiger partial charge in [0.2, 0.25) is 0 Å². The third-order valence-electron chi connectivity index (χ3n) is 6.21. The number of benzene rings is 2. The summed E-state index contributed by atoms with van der Waals surface area (Å²) in [5, 5.41) is 6.38. The second kappa shape index (κ2) is 12.2. The van der Waals surface area contributed by atoms with Crippen molar-refractivity contribution in [1.29, 1.82) is 0 Å². The van der Waals surface area contributed by atoms with Crippen molar-refractivity contribution in [2.45, 2.75) is 38.1 Å². The van der Waals surface area contributed by atoms with Gasteiger partial charge in [0.25, 0.3) is 5.91 Å². The van der Waals surface area contributed by atoms with Crippen LogP contribution in [0, 0.1) is 5.41 Å². The molecule has 0 fully saturated rings. The number of esters is 1. The van der Waals surface area contributed by atoms with Crippen LogP contribution in [0.4, 0.5) is 5.69 Å². The van der Waals surface area contributed by atoms with E-state index in [0.29, 0.717) is 17.0 Å². The minimum atomic E-state index is -0.745. The Morgan fingerprint density at radius 3 is 2.28 bits per heavy atom. The third kappa shape index (κ3) is 6.46. The minimum absolute atomic E-state index is 0.0240. The van der Waals surface area contributed by atoms with Crippen molar-refractivity contribution in [3.8, 4) is 0 Å². The molecule has 202 valence electrons. The molecule has 1 aliphatic rings. The Labute approximate surface area is 241 Å². The van der Waals surface area contributed by atoms with Crippen LogP contribution in [0.25, 0.3) is 0 Å². The van der Waals surface area contributed by atoms with Gasteiger partial charge in [-0.05, 0) is 50.6 Å². The van der Waals surface area contributed by atoms with Gasteiger partial charge in [0.15, 0.2) is 5.78 Å². The SMILES string of the molecule is CCOC(=O)[C@H](Cc1ccc(NC(=O)c2c(Cl)cncc2Cl)cc1)NC1=C(Sc2ccccc2)C(=O)C1(C)C. The summed E-state index contributed by atoms with van der Waals surface area (Å²) in [5.41, 5.74) is 1.47. The Morgan fingerprint density at radius 1 is 1.03 bits per heavy atom. The van der Waals surface area contributed by atoms with E-state index in [9.17, 15) is 14.4 Å². The van der Waals surface area contributed by atoms with Crippen LogP contribution in [0.1, 0.15) is 36.7 Å². The van der Waals surface area contributed by atoms with E-state index in [1.807, 2.05) is 56.3 Å². The number of nitrogens with one attached hydrogen (secondary N) is 2. The number of ether oxygens (including phenoxy) is 1. The summed E-state index contributed by atoms with van der Waals surface area (Å²) in [6.07, 6.45) is 3.01. The Hall–Kier alpha value is -3.33. The smallest absolute Gasteiger partial charge is 0.328 e. The van der Waals surface area contributed by atoms with E-state index in [1.54, 1.807) is 19.1 Å². The van der Waals surface area contributed by atoms with Gasteiger partial charge in [-0.2, -0.15) is 0 Å². The normalized spacial score (nSPS) is 14.8. The number of anilines is 1. The Bertz CT molecular complexity index is 1410. The van der Waals surface area contributed by atoms with E-state index in [0.717, 1.165) is 16.2 Å². The Balaban J connectivity index is 1.52. The lowest BCUT2D eigenvalue weighted by atomic mass is 9.74. The van der Waals surface area contributed by atoms with Crippen LogP contribution in [0.2, 0.25) is 10.0 Å². The number of carbonyl (C=O) groups excluding carboxylic acids is 3. The second-order valence-corrected chi connectivity index (χ2v) is 11.3.